The van der Waals surface area contributed by atoms with E-state index in [2.05, 4.69) is 56.5 Å². The van der Waals surface area contributed by atoms with Gasteiger partial charge in [0.15, 0.2) is 5.96 Å². The summed E-state index contributed by atoms with van der Waals surface area (Å²) in [5, 5.41) is 6.95. The second-order valence-corrected chi connectivity index (χ2v) is 8.59. The van der Waals surface area contributed by atoms with Gasteiger partial charge in [0.2, 0.25) is 0 Å². The van der Waals surface area contributed by atoms with Gasteiger partial charge in [-0.1, -0.05) is 26.2 Å². The van der Waals surface area contributed by atoms with Gasteiger partial charge in [0.05, 0.1) is 0 Å². The van der Waals surface area contributed by atoms with E-state index in [-0.39, 0.29) is 0 Å². The smallest absolute Gasteiger partial charge is 0.191 e. The zero-order valence-electron chi connectivity index (χ0n) is 18.0. The van der Waals surface area contributed by atoms with Crippen LogP contribution in [0.25, 0.3) is 0 Å². The number of hydrogen-bond donors (Lipinski definition) is 2. The van der Waals surface area contributed by atoms with Crippen LogP contribution in [0.4, 0.5) is 5.82 Å². The van der Waals surface area contributed by atoms with Crippen LogP contribution in [0.2, 0.25) is 0 Å². The Morgan fingerprint density at radius 1 is 1.21 bits per heavy atom. The number of likely N-dealkylation sites (N-methyl/N-ethyl adjacent to an activating group) is 1. The van der Waals surface area contributed by atoms with Crippen LogP contribution in [0.1, 0.15) is 44.6 Å². The molecule has 3 rings (SSSR count). The van der Waals surface area contributed by atoms with Gasteiger partial charge < -0.3 is 20.4 Å². The largest absolute Gasteiger partial charge is 0.356 e. The van der Waals surface area contributed by atoms with Crippen LogP contribution >= 0.6 is 0 Å². The average molecular weight is 387 g/mol. The maximum absolute atomic E-state index is 4.58. The number of nitrogens with one attached hydrogen (secondary N) is 2. The van der Waals surface area contributed by atoms with Gasteiger partial charge in [-0.15, -0.1) is 0 Å². The molecule has 2 heterocycles. The summed E-state index contributed by atoms with van der Waals surface area (Å²) < 4.78 is 0. The lowest BCUT2D eigenvalue weighted by Gasteiger charge is -2.33. The highest BCUT2D eigenvalue weighted by Gasteiger charge is 2.18. The summed E-state index contributed by atoms with van der Waals surface area (Å²) in [6.07, 6.45) is 8.76. The first-order valence-corrected chi connectivity index (χ1v) is 11.0. The summed E-state index contributed by atoms with van der Waals surface area (Å²) in [5.41, 5.74) is 1.24. The van der Waals surface area contributed by atoms with Crippen molar-refractivity contribution in [2.45, 2.75) is 45.6 Å². The highest BCUT2D eigenvalue weighted by molar-refractivity contribution is 5.79. The molecule has 1 saturated heterocycles. The number of rotatable bonds is 6. The van der Waals surface area contributed by atoms with E-state index >= 15 is 0 Å². The van der Waals surface area contributed by atoms with E-state index in [0.717, 1.165) is 62.9 Å². The lowest BCUT2D eigenvalue weighted by molar-refractivity contribution is 0.270. The van der Waals surface area contributed by atoms with Gasteiger partial charge in [-0.2, -0.15) is 0 Å². The standard InChI is InChI=1S/C22H38N6/c1-18-5-4-6-19(15-18)7-10-25-22(23-2)26-17-20-8-9-24-21(16-20)28-13-11-27(3)12-14-28/h8-9,16,18-19H,4-7,10-15,17H2,1-3H3,(H2,23,25,26). The van der Waals surface area contributed by atoms with Gasteiger partial charge >= 0.3 is 0 Å². The number of aliphatic imine (C=N–C) groups is 1. The lowest BCUT2D eigenvalue weighted by Crippen LogP contribution is -2.44. The Bertz CT molecular complexity index is 623. The maximum atomic E-state index is 4.58. The van der Waals surface area contributed by atoms with E-state index in [1.165, 1.54) is 37.7 Å². The van der Waals surface area contributed by atoms with E-state index in [4.69, 9.17) is 0 Å². The molecule has 0 amide bonds. The summed E-state index contributed by atoms with van der Waals surface area (Å²) in [4.78, 5) is 13.7. The Morgan fingerprint density at radius 2 is 2.04 bits per heavy atom. The van der Waals surface area contributed by atoms with Crippen molar-refractivity contribution in [2.24, 2.45) is 16.8 Å². The second kappa shape index (κ2) is 10.6. The monoisotopic (exact) mass is 386 g/mol. The van der Waals surface area contributed by atoms with E-state index in [1.54, 1.807) is 0 Å². The van der Waals surface area contributed by atoms with Gasteiger partial charge in [0.1, 0.15) is 5.82 Å². The topological polar surface area (TPSA) is 55.8 Å². The van der Waals surface area contributed by atoms with Gasteiger partial charge in [-0.05, 0) is 49.4 Å². The normalized spacial score (nSPS) is 24.2. The van der Waals surface area contributed by atoms with Gasteiger partial charge in [0.25, 0.3) is 0 Å². The maximum Gasteiger partial charge on any atom is 0.191 e. The first kappa shape index (κ1) is 20.9. The van der Waals surface area contributed by atoms with Crippen molar-refractivity contribution >= 4 is 11.8 Å². The molecule has 2 atom stereocenters. The van der Waals surface area contributed by atoms with Gasteiger partial charge in [-0.3, -0.25) is 4.99 Å². The van der Waals surface area contributed by atoms with Crippen LogP contribution in [0.3, 0.4) is 0 Å². The highest BCUT2D eigenvalue weighted by atomic mass is 15.3. The molecule has 1 aromatic rings. The predicted molar refractivity (Wildman–Crippen MR) is 118 cm³/mol. The number of nitrogens with zero attached hydrogens (tertiary/aromatic N) is 4. The average Bonchev–Trinajstić information content (AvgIpc) is 2.71. The van der Waals surface area contributed by atoms with Crippen molar-refractivity contribution < 1.29 is 0 Å². The van der Waals surface area contributed by atoms with Crippen LogP contribution in [0.15, 0.2) is 23.3 Å². The van der Waals surface area contributed by atoms with E-state index in [0.29, 0.717) is 0 Å². The highest BCUT2D eigenvalue weighted by Crippen LogP contribution is 2.30. The van der Waals surface area contributed by atoms with Crippen molar-refractivity contribution in [1.29, 1.82) is 0 Å². The van der Waals surface area contributed by atoms with Crippen molar-refractivity contribution in [3.63, 3.8) is 0 Å². The Kier molecular flexibility index (Phi) is 7.95. The molecular formula is C22H38N6. The fourth-order valence-electron chi connectivity index (χ4n) is 4.40. The molecule has 2 N–H and O–H groups in total. The summed E-state index contributed by atoms with van der Waals surface area (Å²) >= 11 is 0. The minimum absolute atomic E-state index is 0.767. The number of hydrogen-bond acceptors (Lipinski definition) is 4. The summed E-state index contributed by atoms with van der Waals surface area (Å²) in [5.74, 6) is 3.75. The number of piperazine rings is 1. The Balaban J connectivity index is 1.42. The zero-order valence-corrected chi connectivity index (χ0v) is 18.0. The molecule has 0 radical (unpaired) electrons. The zero-order chi connectivity index (χ0) is 19.8. The minimum Gasteiger partial charge on any atom is -0.356 e. The fraction of sp³-hybridized carbons (Fsp3) is 0.727. The molecular weight excluding hydrogens is 348 g/mol. The Labute approximate surface area is 170 Å². The Morgan fingerprint density at radius 3 is 2.79 bits per heavy atom. The quantitative estimate of drug-likeness (QED) is 0.582. The fourth-order valence-corrected chi connectivity index (χ4v) is 4.40. The van der Waals surface area contributed by atoms with E-state index in [1.807, 2.05) is 13.2 Å². The molecule has 0 bridgehead atoms. The molecule has 0 spiro atoms. The lowest BCUT2D eigenvalue weighted by atomic mass is 9.81. The van der Waals surface area contributed by atoms with Crippen LogP contribution < -0.4 is 15.5 Å². The molecule has 1 aliphatic carbocycles. The van der Waals surface area contributed by atoms with Gasteiger partial charge in [0, 0.05) is 52.5 Å². The van der Waals surface area contributed by atoms with Crippen molar-refractivity contribution in [2.75, 3.05) is 51.7 Å². The third kappa shape index (κ3) is 6.36. The third-order valence-electron chi connectivity index (χ3n) is 6.21. The molecule has 1 aliphatic heterocycles. The molecule has 2 unspecified atom stereocenters. The molecule has 6 nitrogen and oxygen atoms in total. The number of guanidine groups is 1. The number of anilines is 1. The second-order valence-electron chi connectivity index (χ2n) is 8.59. The molecule has 6 heteroatoms. The molecule has 1 saturated carbocycles. The predicted octanol–water partition coefficient (Wildman–Crippen LogP) is 2.71. The Hall–Kier alpha value is -1.82. The number of pyridine rings is 1. The SMILES string of the molecule is CN=C(NCCC1CCCC(C)C1)NCc1ccnc(N2CCN(C)CC2)c1. The van der Waals surface area contributed by atoms with Crippen LogP contribution in [-0.2, 0) is 6.54 Å². The van der Waals surface area contributed by atoms with Gasteiger partial charge in [-0.25, -0.2) is 4.98 Å². The van der Waals surface area contributed by atoms with Crippen LogP contribution in [-0.4, -0.2) is 62.7 Å². The number of aromatic nitrogens is 1. The first-order chi connectivity index (χ1) is 13.6. The van der Waals surface area contributed by atoms with Crippen LogP contribution in [0.5, 0.6) is 0 Å². The van der Waals surface area contributed by atoms with E-state index in [9.17, 15) is 0 Å². The summed E-state index contributed by atoms with van der Waals surface area (Å²) in [6.45, 7) is 8.45. The molecule has 2 fully saturated rings. The van der Waals surface area contributed by atoms with Crippen LogP contribution in [0, 0.1) is 11.8 Å². The minimum atomic E-state index is 0.767. The molecule has 156 valence electrons. The first-order valence-electron chi connectivity index (χ1n) is 11.0. The van der Waals surface area contributed by atoms with Crippen molar-refractivity contribution in [1.82, 2.24) is 20.5 Å². The van der Waals surface area contributed by atoms with Crippen molar-refractivity contribution in [3.8, 4) is 0 Å². The third-order valence-corrected chi connectivity index (χ3v) is 6.21. The summed E-state index contributed by atoms with van der Waals surface area (Å²) in [6, 6.07) is 4.29. The molecule has 0 aromatic carbocycles. The van der Waals surface area contributed by atoms with Crippen molar-refractivity contribution in [3.05, 3.63) is 23.9 Å². The molecule has 2 aliphatic rings. The molecule has 1 aromatic heterocycles. The molecule has 28 heavy (non-hydrogen) atoms. The van der Waals surface area contributed by atoms with E-state index < -0.39 is 0 Å². The summed E-state index contributed by atoms with van der Waals surface area (Å²) in [7, 11) is 4.03.